The third-order valence-electron chi connectivity index (χ3n) is 3.16. The smallest absolute Gasteiger partial charge is 0.253 e. The predicted octanol–water partition coefficient (Wildman–Crippen LogP) is 1.93. The number of carbonyl (C=O) groups is 1. The number of hydrogen-bond donors (Lipinski definition) is 2. The zero-order valence-corrected chi connectivity index (χ0v) is 11.7. The number of nitrogens with one attached hydrogen (secondary N) is 1. The summed E-state index contributed by atoms with van der Waals surface area (Å²) in [4.78, 5) is 11.4. The molecule has 3 N–H and O–H groups in total. The molecule has 5 heteroatoms. The summed E-state index contributed by atoms with van der Waals surface area (Å²) in [5, 5.41) is 3.31. The first-order chi connectivity index (χ1) is 8.68. The Labute approximate surface area is 115 Å². The Kier molecular flexibility index (Phi) is 4.60. The third-order valence-corrected chi connectivity index (χ3v) is 3.82. The number of primary amides is 1. The molecule has 98 valence electrons. The quantitative estimate of drug-likeness (QED) is 0.893. The predicted molar refractivity (Wildman–Crippen MR) is 73.7 cm³/mol. The second-order valence-electron chi connectivity index (χ2n) is 4.48. The van der Waals surface area contributed by atoms with Gasteiger partial charge in [-0.3, -0.25) is 4.79 Å². The van der Waals surface area contributed by atoms with E-state index in [1.54, 1.807) is 12.1 Å². The number of ether oxygens (including phenoxy) is 1. The van der Waals surface area contributed by atoms with E-state index in [0.717, 1.165) is 25.9 Å². The lowest BCUT2D eigenvalue weighted by Gasteiger charge is -2.23. The van der Waals surface area contributed by atoms with Gasteiger partial charge in [-0.25, -0.2) is 0 Å². The van der Waals surface area contributed by atoms with E-state index >= 15 is 0 Å². The van der Waals surface area contributed by atoms with E-state index in [9.17, 15) is 4.79 Å². The van der Waals surface area contributed by atoms with Gasteiger partial charge in [-0.1, -0.05) is 6.07 Å². The van der Waals surface area contributed by atoms with Crippen LogP contribution in [0.2, 0.25) is 0 Å². The molecule has 1 aliphatic heterocycles. The first-order valence-corrected chi connectivity index (χ1v) is 6.89. The van der Waals surface area contributed by atoms with E-state index in [2.05, 4.69) is 21.2 Å². The van der Waals surface area contributed by atoms with E-state index < -0.39 is 5.91 Å². The summed E-state index contributed by atoms with van der Waals surface area (Å²) < 4.78 is 6.44. The minimum Gasteiger partial charge on any atom is -0.492 e. The molecule has 0 unspecified atom stereocenters. The minimum atomic E-state index is -0.470. The summed E-state index contributed by atoms with van der Waals surface area (Å²) in [5.41, 5.74) is 5.79. The average Bonchev–Trinajstić information content (AvgIpc) is 2.37. The number of halogens is 1. The van der Waals surface area contributed by atoms with Crippen LogP contribution >= 0.6 is 15.9 Å². The number of rotatable bonds is 4. The molecular formula is C13H17BrN2O2. The van der Waals surface area contributed by atoms with E-state index in [0.29, 0.717) is 28.3 Å². The Hall–Kier alpha value is -1.07. The van der Waals surface area contributed by atoms with Gasteiger partial charge in [0.15, 0.2) is 0 Å². The van der Waals surface area contributed by atoms with Gasteiger partial charge in [-0.05, 0) is 59.9 Å². The minimum absolute atomic E-state index is 0.423. The highest BCUT2D eigenvalue weighted by Gasteiger charge is 2.17. The number of piperidine rings is 1. The summed E-state index contributed by atoms with van der Waals surface area (Å²) in [7, 11) is 0. The van der Waals surface area contributed by atoms with Crippen LogP contribution in [-0.2, 0) is 0 Å². The summed E-state index contributed by atoms with van der Waals surface area (Å²) in [6, 6.07) is 5.41. The molecular weight excluding hydrogens is 296 g/mol. The summed E-state index contributed by atoms with van der Waals surface area (Å²) in [5.74, 6) is 0.643. The Morgan fingerprint density at radius 1 is 1.44 bits per heavy atom. The van der Waals surface area contributed by atoms with Crippen molar-refractivity contribution < 1.29 is 9.53 Å². The van der Waals surface area contributed by atoms with E-state index in [1.807, 2.05) is 6.07 Å². The fourth-order valence-corrected chi connectivity index (χ4v) is 2.66. The molecule has 0 bridgehead atoms. The van der Waals surface area contributed by atoms with Crippen molar-refractivity contribution in [2.75, 3.05) is 19.7 Å². The fourth-order valence-electron chi connectivity index (χ4n) is 2.12. The summed E-state index contributed by atoms with van der Waals surface area (Å²) in [6.07, 6.45) is 2.22. The van der Waals surface area contributed by atoms with Crippen molar-refractivity contribution in [3.05, 3.63) is 28.2 Å². The van der Waals surface area contributed by atoms with Gasteiger partial charge in [-0.2, -0.15) is 0 Å². The molecule has 1 aliphatic rings. The van der Waals surface area contributed by atoms with Crippen LogP contribution in [0.1, 0.15) is 23.2 Å². The van der Waals surface area contributed by atoms with Gasteiger partial charge >= 0.3 is 0 Å². The van der Waals surface area contributed by atoms with Gasteiger partial charge in [0.25, 0.3) is 5.91 Å². The maximum atomic E-state index is 11.4. The van der Waals surface area contributed by atoms with Crippen LogP contribution < -0.4 is 15.8 Å². The van der Waals surface area contributed by atoms with Crippen molar-refractivity contribution >= 4 is 21.8 Å². The zero-order valence-electron chi connectivity index (χ0n) is 10.1. The second kappa shape index (κ2) is 6.20. The van der Waals surface area contributed by atoms with Crippen LogP contribution in [0.5, 0.6) is 5.75 Å². The molecule has 1 amide bonds. The lowest BCUT2D eigenvalue weighted by molar-refractivity contribution is 0.0994. The maximum absolute atomic E-state index is 11.4. The molecule has 0 saturated carbocycles. The standard InChI is InChI=1S/C13H17BrN2O2/c14-10-2-1-3-11(12(10)13(15)17)18-8-9-4-6-16-7-5-9/h1-3,9,16H,4-8H2,(H2,15,17). The Balaban J connectivity index is 2.04. The average molecular weight is 313 g/mol. The maximum Gasteiger partial charge on any atom is 0.253 e. The number of benzene rings is 1. The Bertz CT molecular complexity index is 431. The first kappa shape index (κ1) is 13.4. The van der Waals surface area contributed by atoms with E-state index in [1.165, 1.54) is 0 Å². The van der Waals surface area contributed by atoms with Gasteiger partial charge in [-0.15, -0.1) is 0 Å². The highest BCUT2D eigenvalue weighted by Crippen LogP contribution is 2.27. The van der Waals surface area contributed by atoms with Crippen molar-refractivity contribution in [2.24, 2.45) is 11.7 Å². The van der Waals surface area contributed by atoms with Crippen molar-refractivity contribution in [1.82, 2.24) is 5.32 Å². The van der Waals surface area contributed by atoms with Crippen LogP contribution in [0.25, 0.3) is 0 Å². The van der Waals surface area contributed by atoms with Gasteiger partial charge in [0.1, 0.15) is 5.75 Å². The molecule has 0 aromatic heterocycles. The lowest BCUT2D eigenvalue weighted by atomic mass is 9.99. The molecule has 0 spiro atoms. The number of carbonyl (C=O) groups excluding carboxylic acids is 1. The number of nitrogens with two attached hydrogens (primary N) is 1. The van der Waals surface area contributed by atoms with Crippen molar-refractivity contribution in [1.29, 1.82) is 0 Å². The van der Waals surface area contributed by atoms with Crippen LogP contribution in [0.15, 0.2) is 22.7 Å². The molecule has 1 fully saturated rings. The third kappa shape index (κ3) is 3.23. The van der Waals surface area contributed by atoms with Gasteiger partial charge < -0.3 is 15.8 Å². The number of amides is 1. The summed E-state index contributed by atoms with van der Waals surface area (Å²) in [6.45, 7) is 2.71. The van der Waals surface area contributed by atoms with E-state index in [4.69, 9.17) is 10.5 Å². The number of hydrogen-bond acceptors (Lipinski definition) is 3. The molecule has 1 heterocycles. The molecule has 1 saturated heterocycles. The molecule has 18 heavy (non-hydrogen) atoms. The SMILES string of the molecule is NC(=O)c1c(Br)cccc1OCC1CCNCC1. The topological polar surface area (TPSA) is 64.4 Å². The van der Waals surface area contributed by atoms with Gasteiger partial charge in [0, 0.05) is 4.47 Å². The largest absolute Gasteiger partial charge is 0.492 e. The first-order valence-electron chi connectivity index (χ1n) is 6.10. The van der Waals surface area contributed by atoms with Crippen LogP contribution in [0.4, 0.5) is 0 Å². The van der Waals surface area contributed by atoms with Crippen LogP contribution in [0, 0.1) is 5.92 Å². The van der Waals surface area contributed by atoms with Crippen molar-refractivity contribution in [3.63, 3.8) is 0 Å². The fraction of sp³-hybridized carbons (Fsp3) is 0.462. The van der Waals surface area contributed by atoms with Crippen LogP contribution in [-0.4, -0.2) is 25.6 Å². The highest BCUT2D eigenvalue weighted by molar-refractivity contribution is 9.10. The molecule has 0 atom stereocenters. The van der Waals surface area contributed by atoms with Gasteiger partial charge in [0.05, 0.1) is 12.2 Å². The molecule has 2 rings (SSSR count). The molecule has 0 aliphatic carbocycles. The Morgan fingerprint density at radius 3 is 2.83 bits per heavy atom. The molecule has 4 nitrogen and oxygen atoms in total. The van der Waals surface area contributed by atoms with Crippen LogP contribution in [0.3, 0.4) is 0 Å². The Morgan fingerprint density at radius 2 is 2.17 bits per heavy atom. The van der Waals surface area contributed by atoms with E-state index in [-0.39, 0.29) is 0 Å². The lowest BCUT2D eigenvalue weighted by Crippen LogP contribution is -2.30. The second-order valence-corrected chi connectivity index (χ2v) is 5.34. The monoisotopic (exact) mass is 312 g/mol. The van der Waals surface area contributed by atoms with Gasteiger partial charge in [0.2, 0.25) is 0 Å². The zero-order chi connectivity index (χ0) is 13.0. The molecule has 1 aromatic carbocycles. The van der Waals surface area contributed by atoms with Crippen molar-refractivity contribution in [2.45, 2.75) is 12.8 Å². The molecule has 1 aromatic rings. The normalized spacial score (nSPS) is 16.5. The van der Waals surface area contributed by atoms with Crippen molar-refractivity contribution in [3.8, 4) is 5.75 Å². The highest BCUT2D eigenvalue weighted by atomic mass is 79.9. The summed E-state index contributed by atoms with van der Waals surface area (Å²) >= 11 is 3.32. The molecule has 0 radical (unpaired) electrons.